The fourth-order valence-electron chi connectivity index (χ4n) is 3.56. The van der Waals surface area contributed by atoms with Crippen LogP contribution in [0.1, 0.15) is 31.0 Å². The summed E-state index contributed by atoms with van der Waals surface area (Å²) in [5, 5.41) is 0. The number of fused-ring (bicyclic) bond motifs is 1. The van der Waals surface area contributed by atoms with Gasteiger partial charge in [0.1, 0.15) is 0 Å². The van der Waals surface area contributed by atoms with Gasteiger partial charge in [0.2, 0.25) is 0 Å². The third-order valence-electron chi connectivity index (χ3n) is 4.70. The monoisotopic (exact) mass is 339 g/mol. The highest BCUT2D eigenvalue weighted by Gasteiger charge is 2.32. The molecule has 0 bridgehead atoms. The Morgan fingerprint density at radius 3 is 2.52 bits per heavy atom. The molecule has 4 nitrogen and oxygen atoms in total. The molecular formula is C21H25NO3. The first-order valence-corrected chi connectivity index (χ1v) is 8.75. The fraction of sp³-hybridized carbons (Fsp3) is 0.381. The van der Waals surface area contributed by atoms with Gasteiger partial charge in [0, 0.05) is 6.54 Å². The van der Waals surface area contributed by atoms with Gasteiger partial charge in [-0.25, -0.2) is 0 Å². The lowest BCUT2D eigenvalue weighted by Gasteiger charge is -2.39. The molecule has 0 aromatic heterocycles. The van der Waals surface area contributed by atoms with Gasteiger partial charge in [-0.1, -0.05) is 50.2 Å². The van der Waals surface area contributed by atoms with E-state index in [0.29, 0.717) is 17.4 Å². The minimum Gasteiger partial charge on any atom is -0.493 e. The van der Waals surface area contributed by atoms with Crippen molar-refractivity contribution in [3.05, 3.63) is 59.7 Å². The Hall–Kier alpha value is -2.49. The Balaban J connectivity index is 1.75. The SMILES string of the molecule is COc1ccccc1OCC(=O)N1CCc2ccccc2C1C(C)C. The van der Waals surface area contributed by atoms with Crippen LogP contribution in [0.3, 0.4) is 0 Å². The van der Waals surface area contributed by atoms with E-state index in [-0.39, 0.29) is 18.6 Å². The topological polar surface area (TPSA) is 38.8 Å². The summed E-state index contributed by atoms with van der Waals surface area (Å²) in [5.74, 6) is 1.59. The number of carbonyl (C=O) groups excluding carboxylic acids is 1. The Morgan fingerprint density at radius 2 is 1.80 bits per heavy atom. The maximum Gasteiger partial charge on any atom is 0.261 e. The second kappa shape index (κ2) is 7.60. The fourth-order valence-corrected chi connectivity index (χ4v) is 3.56. The zero-order valence-electron chi connectivity index (χ0n) is 15.1. The molecular weight excluding hydrogens is 314 g/mol. The van der Waals surface area contributed by atoms with Crippen LogP contribution in [0.4, 0.5) is 0 Å². The zero-order chi connectivity index (χ0) is 17.8. The van der Waals surface area contributed by atoms with Gasteiger partial charge in [0.25, 0.3) is 5.91 Å². The van der Waals surface area contributed by atoms with Gasteiger partial charge in [0.15, 0.2) is 18.1 Å². The Bertz CT molecular complexity index is 741. The molecule has 1 amide bonds. The number of methoxy groups -OCH3 is 1. The normalized spacial score (nSPS) is 16.5. The number of hydrogen-bond donors (Lipinski definition) is 0. The average molecular weight is 339 g/mol. The van der Waals surface area contributed by atoms with Crippen LogP contribution in [0.5, 0.6) is 11.5 Å². The van der Waals surface area contributed by atoms with E-state index in [0.717, 1.165) is 13.0 Å². The number of ether oxygens (including phenoxy) is 2. The van der Waals surface area contributed by atoms with Crippen molar-refractivity contribution < 1.29 is 14.3 Å². The van der Waals surface area contributed by atoms with Crippen molar-refractivity contribution in [2.45, 2.75) is 26.3 Å². The third-order valence-corrected chi connectivity index (χ3v) is 4.70. The van der Waals surface area contributed by atoms with Gasteiger partial charge in [-0.2, -0.15) is 0 Å². The molecule has 1 aliphatic heterocycles. The van der Waals surface area contributed by atoms with Crippen molar-refractivity contribution in [3.63, 3.8) is 0 Å². The lowest BCUT2D eigenvalue weighted by atomic mass is 9.86. The van der Waals surface area contributed by atoms with Crippen molar-refractivity contribution in [3.8, 4) is 11.5 Å². The first-order chi connectivity index (χ1) is 12.1. The molecule has 0 radical (unpaired) electrons. The summed E-state index contributed by atoms with van der Waals surface area (Å²) in [5.41, 5.74) is 2.60. The summed E-state index contributed by atoms with van der Waals surface area (Å²) in [6, 6.07) is 15.9. The highest BCUT2D eigenvalue weighted by molar-refractivity contribution is 5.79. The largest absolute Gasteiger partial charge is 0.493 e. The summed E-state index contributed by atoms with van der Waals surface area (Å²) in [6.07, 6.45) is 0.889. The molecule has 2 aromatic carbocycles. The second-order valence-corrected chi connectivity index (χ2v) is 6.66. The predicted molar refractivity (Wildman–Crippen MR) is 97.9 cm³/mol. The molecule has 0 aliphatic carbocycles. The maximum atomic E-state index is 12.9. The highest BCUT2D eigenvalue weighted by atomic mass is 16.5. The van der Waals surface area contributed by atoms with E-state index in [1.54, 1.807) is 7.11 Å². The van der Waals surface area contributed by atoms with Crippen molar-refractivity contribution in [1.82, 2.24) is 4.90 Å². The Morgan fingerprint density at radius 1 is 1.12 bits per heavy atom. The van der Waals surface area contributed by atoms with Crippen LogP contribution in [-0.4, -0.2) is 31.1 Å². The minimum atomic E-state index is 0.0131. The Labute approximate surface area is 149 Å². The molecule has 3 rings (SSSR count). The number of rotatable bonds is 5. The molecule has 132 valence electrons. The lowest BCUT2D eigenvalue weighted by Crippen LogP contribution is -2.44. The van der Waals surface area contributed by atoms with E-state index in [9.17, 15) is 4.79 Å². The molecule has 1 atom stereocenters. The molecule has 2 aromatic rings. The molecule has 1 heterocycles. The molecule has 0 fully saturated rings. The van der Waals surface area contributed by atoms with Crippen LogP contribution in [0.25, 0.3) is 0 Å². The molecule has 0 saturated carbocycles. The first kappa shape index (κ1) is 17.3. The molecule has 0 saturated heterocycles. The number of amides is 1. The highest BCUT2D eigenvalue weighted by Crippen LogP contribution is 2.35. The van der Waals surface area contributed by atoms with Gasteiger partial charge in [-0.15, -0.1) is 0 Å². The van der Waals surface area contributed by atoms with E-state index in [4.69, 9.17) is 9.47 Å². The van der Waals surface area contributed by atoms with Gasteiger partial charge in [-0.05, 0) is 35.6 Å². The number of nitrogens with zero attached hydrogens (tertiary/aromatic N) is 1. The number of hydrogen-bond acceptors (Lipinski definition) is 3. The van der Waals surface area contributed by atoms with Gasteiger partial charge in [0.05, 0.1) is 13.2 Å². The molecule has 1 aliphatic rings. The van der Waals surface area contributed by atoms with Crippen LogP contribution in [0.2, 0.25) is 0 Å². The third kappa shape index (κ3) is 3.63. The predicted octanol–water partition coefficient (Wildman–Crippen LogP) is 3.86. The summed E-state index contributed by atoms with van der Waals surface area (Å²) in [7, 11) is 1.60. The van der Waals surface area contributed by atoms with Crippen LogP contribution >= 0.6 is 0 Å². The quantitative estimate of drug-likeness (QED) is 0.830. The molecule has 1 unspecified atom stereocenters. The Kier molecular flexibility index (Phi) is 5.27. The first-order valence-electron chi connectivity index (χ1n) is 8.75. The second-order valence-electron chi connectivity index (χ2n) is 6.66. The van der Waals surface area contributed by atoms with E-state index in [1.807, 2.05) is 35.2 Å². The van der Waals surface area contributed by atoms with Crippen molar-refractivity contribution in [1.29, 1.82) is 0 Å². The smallest absolute Gasteiger partial charge is 0.261 e. The lowest BCUT2D eigenvalue weighted by molar-refractivity contribution is -0.137. The minimum absolute atomic E-state index is 0.0131. The van der Waals surface area contributed by atoms with Crippen molar-refractivity contribution >= 4 is 5.91 Å². The van der Waals surface area contributed by atoms with Crippen molar-refractivity contribution in [2.75, 3.05) is 20.3 Å². The summed E-state index contributed by atoms with van der Waals surface area (Å²) in [6.45, 7) is 5.07. The molecule has 25 heavy (non-hydrogen) atoms. The van der Waals surface area contributed by atoms with Crippen LogP contribution in [0, 0.1) is 5.92 Å². The summed E-state index contributed by atoms with van der Waals surface area (Å²) in [4.78, 5) is 14.8. The van der Waals surface area contributed by atoms with E-state index in [1.165, 1.54) is 11.1 Å². The standard InChI is InChI=1S/C21H25NO3/c1-15(2)21-17-9-5-4-8-16(17)12-13-22(21)20(23)14-25-19-11-7-6-10-18(19)24-3/h4-11,15,21H,12-14H2,1-3H3. The van der Waals surface area contributed by atoms with Crippen LogP contribution < -0.4 is 9.47 Å². The number of para-hydroxylation sites is 2. The average Bonchev–Trinajstić information content (AvgIpc) is 2.65. The zero-order valence-corrected chi connectivity index (χ0v) is 15.1. The summed E-state index contributed by atoms with van der Waals surface area (Å²) >= 11 is 0. The van der Waals surface area contributed by atoms with Crippen molar-refractivity contribution in [2.24, 2.45) is 5.92 Å². The molecule has 0 N–H and O–H groups in total. The van der Waals surface area contributed by atoms with Gasteiger partial charge in [-0.3, -0.25) is 4.79 Å². The molecule has 4 heteroatoms. The van der Waals surface area contributed by atoms with E-state index < -0.39 is 0 Å². The van der Waals surface area contributed by atoms with Crippen LogP contribution in [0.15, 0.2) is 48.5 Å². The van der Waals surface area contributed by atoms with Gasteiger partial charge >= 0.3 is 0 Å². The van der Waals surface area contributed by atoms with Gasteiger partial charge < -0.3 is 14.4 Å². The molecule has 0 spiro atoms. The van der Waals surface area contributed by atoms with E-state index in [2.05, 4.69) is 32.0 Å². The number of benzene rings is 2. The number of carbonyl (C=O) groups is 1. The summed E-state index contributed by atoms with van der Waals surface area (Å²) < 4.78 is 11.0. The van der Waals surface area contributed by atoms with Crippen LogP contribution in [-0.2, 0) is 11.2 Å². The maximum absolute atomic E-state index is 12.9. The van der Waals surface area contributed by atoms with E-state index >= 15 is 0 Å².